The van der Waals surface area contributed by atoms with E-state index < -0.39 is 0 Å². The third-order valence-corrected chi connectivity index (χ3v) is 4.05. The summed E-state index contributed by atoms with van der Waals surface area (Å²) in [4.78, 5) is 14.5. The van der Waals surface area contributed by atoms with E-state index in [9.17, 15) is 9.90 Å². The van der Waals surface area contributed by atoms with Gasteiger partial charge in [0.1, 0.15) is 5.75 Å². The summed E-state index contributed by atoms with van der Waals surface area (Å²) in [6.45, 7) is 4.84. The highest BCUT2D eigenvalue weighted by Crippen LogP contribution is 2.13. The summed E-state index contributed by atoms with van der Waals surface area (Å²) in [5, 5.41) is 9.45. The van der Waals surface area contributed by atoms with Crippen LogP contribution in [-0.2, 0) is 6.42 Å². The predicted molar refractivity (Wildman–Crippen MR) is 93.9 cm³/mol. The SMILES string of the molecule is CCN(CCCc1ccccc1)CCC(=O)c1cccc(O)c1. The Balaban J connectivity index is 1.75. The lowest BCUT2D eigenvalue weighted by atomic mass is 10.1. The standard InChI is InChI=1S/C20H25NO2/c1-2-21(14-7-10-17-8-4-3-5-9-17)15-13-20(23)18-11-6-12-19(22)16-18/h3-6,8-9,11-12,16,22H,2,7,10,13-15H2,1H3. The van der Waals surface area contributed by atoms with Crippen LogP contribution in [0.2, 0.25) is 0 Å². The molecule has 0 saturated carbocycles. The highest BCUT2D eigenvalue weighted by Gasteiger charge is 2.09. The van der Waals surface area contributed by atoms with Crippen molar-refractivity contribution in [3.8, 4) is 5.75 Å². The van der Waals surface area contributed by atoms with Gasteiger partial charge in [-0.3, -0.25) is 4.79 Å². The van der Waals surface area contributed by atoms with E-state index in [0.717, 1.165) is 32.5 Å². The normalized spacial score (nSPS) is 10.9. The molecule has 0 fully saturated rings. The Morgan fingerprint density at radius 2 is 1.83 bits per heavy atom. The van der Waals surface area contributed by atoms with E-state index in [2.05, 4.69) is 36.1 Å². The lowest BCUT2D eigenvalue weighted by Gasteiger charge is -2.20. The number of hydrogen-bond acceptors (Lipinski definition) is 3. The second kappa shape index (κ2) is 9.11. The van der Waals surface area contributed by atoms with Crippen LogP contribution >= 0.6 is 0 Å². The fourth-order valence-corrected chi connectivity index (χ4v) is 2.66. The van der Waals surface area contributed by atoms with E-state index in [-0.39, 0.29) is 11.5 Å². The van der Waals surface area contributed by atoms with Gasteiger partial charge in [0.05, 0.1) is 0 Å². The molecule has 3 nitrogen and oxygen atoms in total. The molecule has 0 saturated heterocycles. The number of benzene rings is 2. The number of phenolic OH excluding ortho intramolecular Hbond substituents is 1. The molecule has 2 rings (SSSR count). The van der Waals surface area contributed by atoms with Gasteiger partial charge in [0.15, 0.2) is 5.78 Å². The second-order valence-electron chi connectivity index (χ2n) is 5.75. The Bertz CT molecular complexity index is 610. The molecule has 0 radical (unpaired) electrons. The molecule has 0 heterocycles. The molecular weight excluding hydrogens is 286 g/mol. The minimum atomic E-state index is 0.0856. The number of ketones is 1. The molecule has 0 aliphatic rings. The van der Waals surface area contributed by atoms with Crippen LogP contribution in [0.4, 0.5) is 0 Å². The lowest BCUT2D eigenvalue weighted by molar-refractivity contribution is 0.0964. The van der Waals surface area contributed by atoms with E-state index in [1.54, 1.807) is 18.2 Å². The van der Waals surface area contributed by atoms with E-state index in [0.29, 0.717) is 12.0 Å². The van der Waals surface area contributed by atoms with Gasteiger partial charge >= 0.3 is 0 Å². The first-order valence-electron chi connectivity index (χ1n) is 8.27. The molecule has 0 unspecified atom stereocenters. The lowest BCUT2D eigenvalue weighted by Crippen LogP contribution is -2.27. The van der Waals surface area contributed by atoms with E-state index >= 15 is 0 Å². The predicted octanol–water partition coefficient (Wildman–Crippen LogP) is 3.92. The van der Waals surface area contributed by atoms with Gasteiger partial charge in [0, 0.05) is 18.5 Å². The number of carbonyl (C=O) groups excluding carboxylic acids is 1. The average molecular weight is 311 g/mol. The van der Waals surface area contributed by atoms with Crippen LogP contribution in [0.15, 0.2) is 54.6 Å². The van der Waals surface area contributed by atoms with Crippen LogP contribution in [0.3, 0.4) is 0 Å². The molecule has 0 aliphatic heterocycles. The summed E-state index contributed by atoms with van der Waals surface area (Å²) in [5.74, 6) is 0.230. The Hall–Kier alpha value is -2.13. The van der Waals surface area contributed by atoms with Gasteiger partial charge in [-0.1, -0.05) is 49.4 Å². The Morgan fingerprint density at radius 3 is 2.52 bits per heavy atom. The molecule has 23 heavy (non-hydrogen) atoms. The first-order valence-corrected chi connectivity index (χ1v) is 8.27. The van der Waals surface area contributed by atoms with E-state index in [1.165, 1.54) is 11.6 Å². The van der Waals surface area contributed by atoms with Crippen molar-refractivity contribution in [2.24, 2.45) is 0 Å². The van der Waals surface area contributed by atoms with E-state index in [4.69, 9.17) is 0 Å². The largest absolute Gasteiger partial charge is 0.508 e. The number of nitrogens with zero attached hydrogens (tertiary/aromatic N) is 1. The van der Waals surface area contributed by atoms with Gasteiger partial charge in [-0.15, -0.1) is 0 Å². The summed E-state index contributed by atoms with van der Waals surface area (Å²) in [7, 11) is 0. The smallest absolute Gasteiger partial charge is 0.164 e. The third-order valence-electron chi connectivity index (χ3n) is 4.05. The number of rotatable bonds is 9. The van der Waals surface area contributed by atoms with Crippen molar-refractivity contribution in [1.82, 2.24) is 4.90 Å². The van der Waals surface area contributed by atoms with Crippen LogP contribution in [0.1, 0.15) is 35.7 Å². The van der Waals surface area contributed by atoms with Gasteiger partial charge < -0.3 is 10.0 Å². The number of aromatic hydroxyl groups is 1. The topological polar surface area (TPSA) is 40.5 Å². The van der Waals surface area contributed by atoms with Crippen molar-refractivity contribution in [1.29, 1.82) is 0 Å². The Kier molecular flexibility index (Phi) is 6.82. The number of Topliss-reactive ketones (excluding diaryl/α,β-unsaturated/α-hetero) is 1. The second-order valence-corrected chi connectivity index (χ2v) is 5.75. The van der Waals surface area contributed by atoms with Crippen molar-refractivity contribution < 1.29 is 9.90 Å². The summed E-state index contributed by atoms with van der Waals surface area (Å²) in [6, 6.07) is 17.1. The van der Waals surface area contributed by atoms with Crippen LogP contribution in [0.25, 0.3) is 0 Å². The zero-order valence-electron chi connectivity index (χ0n) is 13.7. The van der Waals surface area contributed by atoms with Crippen LogP contribution in [-0.4, -0.2) is 35.4 Å². The Labute approximate surface area is 138 Å². The number of carbonyl (C=O) groups is 1. The van der Waals surface area contributed by atoms with E-state index in [1.807, 2.05) is 6.07 Å². The third kappa shape index (κ3) is 5.87. The molecule has 1 N–H and O–H groups in total. The summed E-state index contributed by atoms with van der Waals surface area (Å²) < 4.78 is 0. The fourth-order valence-electron chi connectivity index (χ4n) is 2.66. The molecule has 0 aliphatic carbocycles. The van der Waals surface area contributed by atoms with Crippen molar-refractivity contribution in [3.63, 3.8) is 0 Å². The van der Waals surface area contributed by atoms with Gasteiger partial charge in [0.25, 0.3) is 0 Å². The molecule has 122 valence electrons. The maximum Gasteiger partial charge on any atom is 0.164 e. The monoisotopic (exact) mass is 311 g/mol. The first-order chi connectivity index (χ1) is 11.2. The highest BCUT2D eigenvalue weighted by molar-refractivity contribution is 5.96. The van der Waals surface area contributed by atoms with Gasteiger partial charge in [-0.05, 0) is 43.6 Å². The maximum atomic E-state index is 12.2. The molecule has 0 spiro atoms. The molecule has 3 heteroatoms. The van der Waals surface area contributed by atoms with Crippen molar-refractivity contribution in [2.45, 2.75) is 26.2 Å². The first kappa shape index (κ1) is 17.2. The molecule has 2 aromatic carbocycles. The zero-order chi connectivity index (χ0) is 16.5. The van der Waals surface area contributed by atoms with Crippen LogP contribution < -0.4 is 0 Å². The van der Waals surface area contributed by atoms with Gasteiger partial charge in [-0.2, -0.15) is 0 Å². The quantitative estimate of drug-likeness (QED) is 0.714. The molecular formula is C20H25NO2. The van der Waals surface area contributed by atoms with Gasteiger partial charge in [0.2, 0.25) is 0 Å². The fraction of sp³-hybridized carbons (Fsp3) is 0.350. The molecule has 0 amide bonds. The van der Waals surface area contributed by atoms with Crippen LogP contribution in [0.5, 0.6) is 5.75 Å². The number of aryl methyl sites for hydroxylation is 1. The molecule has 0 bridgehead atoms. The molecule has 0 aromatic heterocycles. The average Bonchev–Trinajstić information content (AvgIpc) is 2.58. The van der Waals surface area contributed by atoms with Crippen molar-refractivity contribution in [2.75, 3.05) is 19.6 Å². The van der Waals surface area contributed by atoms with Crippen molar-refractivity contribution >= 4 is 5.78 Å². The minimum absolute atomic E-state index is 0.0856. The summed E-state index contributed by atoms with van der Waals surface area (Å²) in [5.41, 5.74) is 1.95. The van der Waals surface area contributed by atoms with Crippen LogP contribution in [0, 0.1) is 0 Å². The number of phenols is 1. The minimum Gasteiger partial charge on any atom is -0.508 e. The number of hydrogen-bond donors (Lipinski definition) is 1. The zero-order valence-corrected chi connectivity index (χ0v) is 13.7. The maximum absolute atomic E-state index is 12.2. The molecule has 0 atom stereocenters. The van der Waals surface area contributed by atoms with Gasteiger partial charge in [-0.25, -0.2) is 0 Å². The molecule has 2 aromatic rings. The highest BCUT2D eigenvalue weighted by atomic mass is 16.3. The Morgan fingerprint density at radius 1 is 1.04 bits per heavy atom. The summed E-state index contributed by atoms with van der Waals surface area (Å²) in [6.07, 6.45) is 2.65. The van der Waals surface area contributed by atoms with Crippen molar-refractivity contribution in [3.05, 3.63) is 65.7 Å². The summed E-state index contributed by atoms with van der Waals surface area (Å²) >= 11 is 0.